The number of hydrogen-bond acceptors (Lipinski definition) is 7. The van der Waals surface area contributed by atoms with Crippen LogP contribution >= 0.6 is 0 Å². The number of hydrogen-bond donors (Lipinski definition) is 1. The van der Waals surface area contributed by atoms with Crippen LogP contribution in [0.15, 0.2) is 96.3 Å². The number of aryl methyl sites for hydroxylation is 1. The topological polar surface area (TPSA) is 119 Å². The maximum absolute atomic E-state index is 13.5. The minimum atomic E-state index is -0.629. The Morgan fingerprint density at radius 3 is 2.28 bits per heavy atom. The Kier molecular flexibility index (Phi) is 6.84. The highest BCUT2D eigenvalue weighted by molar-refractivity contribution is 6.04. The van der Waals surface area contributed by atoms with Crippen molar-refractivity contribution < 1.29 is 0 Å². The third-order valence-corrected chi connectivity index (χ3v) is 7.67. The van der Waals surface area contributed by atoms with Gasteiger partial charge in [-0.1, -0.05) is 24.3 Å². The fourth-order valence-electron chi connectivity index (χ4n) is 5.09. The van der Waals surface area contributed by atoms with E-state index in [1.807, 2.05) is 86.8 Å². The van der Waals surface area contributed by atoms with Gasteiger partial charge in [0, 0.05) is 49.2 Å². The molecule has 0 fully saturated rings. The smallest absolute Gasteiger partial charge is 0.321 e. The molecule has 0 atom stereocenters. The standard InChI is InChI=1S/C34H30N8O/c1-34(2,21-35)25-8-11-27(12-9-25)42-32-28-17-22(6-14-30(28)39-20-31(32)41(4)33(42)43)23-7-13-29(38-18-23)24-5-10-26(37-19-24)15-16-40(3)36/h5-20H,36H2,1-4H3/b16-15+. The summed E-state index contributed by atoms with van der Waals surface area (Å²) in [6.45, 7) is 3.75. The van der Waals surface area contributed by atoms with E-state index >= 15 is 0 Å². The number of aromatic nitrogens is 5. The van der Waals surface area contributed by atoms with Gasteiger partial charge in [-0.3, -0.25) is 24.1 Å². The van der Waals surface area contributed by atoms with Crippen molar-refractivity contribution in [3.63, 3.8) is 0 Å². The lowest BCUT2D eigenvalue weighted by Crippen LogP contribution is -2.21. The minimum Gasteiger partial charge on any atom is -0.321 e. The molecule has 0 aliphatic heterocycles. The summed E-state index contributed by atoms with van der Waals surface area (Å²) >= 11 is 0. The molecule has 0 saturated heterocycles. The van der Waals surface area contributed by atoms with Crippen molar-refractivity contribution >= 4 is 28.0 Å². The van der Waals surface area contributed by atoms with Crippen LogP contribution < -0.4 is 11.5 Å². The molecule has 0 radical (unpaired) electrons. The molecule has 9 heteroatoms. The molecule has 0 saturated carbocycles. The number of rotatable bonds is 6. The molecule has 212 valence electrons. The van der Waals surface area contributed by atoms with E-state index in [0.29, 0.717) is 0 Å². The molecule has 0 unspecified atom stereocenters. The van der Waals surface area contributed by atoms with Crippen molar-refractivity contribution in [2.24, 2.45) is 12.9 Å². The van der Waals surface area contributed by atoms with Gasteiger partial charge in [-0.15, -0.1) is 0 Å². The van der Waals surface area contributed by atoms with Gasteiger partial charge in [-0.25, -0.2) is 10.6 Å². The van der Waals surface area contributed by atoms with Gasteiger partial charge in [-0.2, -0.15) is 5.26 Å². The lowest BCUT2D eigenvalue weighted by molar-refractivity contribution is 0.488. The van der Waals surface area contributed by atoms with Gasteiger partial charge in [0.2, 0.25) is 0 Å². The molecule has 4 aromatic heterocycles. The first kappa shape index (κ1) is 27.6. The predicted molar refractivity (Wildman–Crippen MR) is 170 cm³/mol. The van der Waals surface area contributed by atoms with Gasteiger partial charge in [0.1, 0.15) is 0 Å². The van der Waals surface area contributed by atoms with Crippen LogP contribution in [0, 0.1) is 11.3 Å². The first-order valence-electron chi connectivity index (χ1n) is 13.8. The zero-order valence-corrected chi connectivity index (χ0v) is 24.4. The minimum absolute atomic E-state index is 0.168. The van der Waals surface area contributed by atoms with Crippen molar-refractivity contribution in [3.05, 3.63) is 113 Å². The van der Waals surface area contributed by atoms with E-state index in [1.165, 1.54) is 5.01 Å². The zero-order chi connectivity index (χ0) is 30.3. The Bertz CT molecular complexity index is 2090. The molecule has 2 N–H and O–H groups in total. The zero-order valence-electron chi connectivity index (χ0n) is 24.4. The Morgan fingerprint density at radius 2 is 1.63 bits per heavy atom. The van der Waals surface area contributed by atoms with Crippen molar-refractivity contribution in [2.45, 2.75) is 19.3 Å². The summed E-state index contributed by atoms with van der Waals surface area (Å²) in [6.07, 6.45) is 8.95. The van der Waals surface area contributed by atoms with Gasteiger partial charge < -0.3 is 5.01 Å². The van der Waals surface area contributed by atoms with E-state index in [-0.39, 0.29) is 5.69 Å². The number of nitrogens with two attached hydrogens (primary N) is 1. The summed E-state index contributed by atoms with van der Waals surface area (Å²) in [4.78, 5) is 27.3. The number of benzene rings is 2. The maximum atomic E-state index is 13.5. The average molecular weight is 567 g/mol. The predicted octanol–water partition coefficient (Wildman–Crippen LogP) is 5.58. The van der Waals surface area contributed by atoms with Gasteiger partial charge >= 0.3 is 5.69 Å². The highest BCUT2D eigenvalue weighted by atomic mass is 16.1. The van der Waals surface area contributed by atoms with E-state index in [1.54, 1.807) is 41.8 Å². The van der Waals surface area contributed by atoms with Crippen LogP contribution in [0.25, 0.3) is 56.1 Å². The fraction of sp³-hybridized carbons (Fsp3) is 0.147. The number of pyridine rings is 3. The van der Waals surface area contributed by atoms with Crippen LogP contribution in [-0.2, 0) is 12.5 Å². The fourth-order valence-corrected chi connectivity index (χ4v) is 5.09. The molecule has 6 aromatic rings. The largest absolute Gasteiger partial charge is 0.333 e. The quantitative estimate of drug-likeness (QED) is 0.207. The van der Waals surface area contributed by atoms with Gasteiger partial charge in [0.05, 0.1) is 51.3 Å². The first-order chi connectivity index (χ1) is 20.7. The number of nitrogens with zero attached hydrogens (tertiary/aromatic N) is 7. The summed E-state index contributed by atoms with van der Waals surface area (Å²) in [5, 5.41) is 11.9. The van der Waals surface area contributed by atoms with Crippen molar-refractivity contribution in [3.8, 4) is 34.1 Å². The monoisotopic (exact) mass is 566 g/mol. The molecule has 0 amide bonds. The molecule has 4 heterocycles. The van der Waals surface area contributed by atoms with Crippen LogP contribution in [0.3, 0.4) is 0 Å². The molecule has 0 aliphatic carbocycles. The Morgan fingerprint density at radius 1 is 0.907 bits per heavy atom. The summed E-state index contributed by atoms with van der Waals surface area (Å²) in [5.74, 6) is 5.63. The van der Waals surface area contributed by atoms with E-state index in [2.05, 4.69) is 22.1 Å². The van der Waals surface area contributed by atoms with Crippen molar-refractivity contribution in [1.82, 2.24) is 29.1 Å². The van der Waals surface area contributed by atoms with Crippen molar-refractivity contribution in [1.29, 1.82) is 5.26 Å². The van der Waals surface area contributed by atoms with E-state index in [4.69, 9.17) is 10.8 Å². The second kappa shape index (κ2) is 10.7. The summed E-state index contributed by atoms with van der Waals surface area (Å²) in [5.41, 5.74) is 7.52. The first-order valence-corrected chi connectivity index (χ1v) is 13.8. The normalized spacial score (nSPS) is 11.8. The second-order valence-corrected chi connectivity index (χ2v) is 11.1. The molecule has 43 heavy (non-hydrogen) atoms. The van der Waals surface area contributed by atoms with E-state index in [0.717, 1.165) is 61.3 Å². The maximum Gasteiger partial charge on any atom is 0.333 e. The van der Waals surface area contributed by atoms with Gasteiger partial charge in [0.15, 0.2) is 0 Å². The molecule has 0 bridgehead atoms. The lowest BCUT2D eigenvalue weighted by Gasteiger charge is -2.16. The summed E-state index contributed by atoms with van der Waals surface area (Å²) in [7, 11) is 3.50. The molecular weight excluding hydrogens is 536 g/mol. The number of hydrazine groups is 1. The molecule has 0 aliphatic rings. The SMILES string of the molecule is CN(N)/C=C/c1ccc(-c2ccc(-c3ccc4ncc5c(c4c3)n(-c3ccc(C(C)(C)C#N)cc3)c(=O)n5C)cn2)cn1. The lowest BCUT2D eigenvalue weighted by atomic mass is 9.86. The van der Waals surface area contributed by atoms with E-state index in [9.17, 15) is 10.1 Å². The second-order valence-electron chi connectivity index (χ2n) is 11.1. The third-order valence-electron chi connectivity index (χ3n) is 7.67. The Hall–Kier alpha value is -5.59. The van der Waals surface area contributed by atoms with Crippen LogP contribution in [-0.4, -0.2) is 36.1 Å². The molecule has 6 rings (SSSR count). The van der Waals surface area contributed by atoms with Crippen LogP contribution in [0.1, 0.15) is 25.1 Å². The van der Waals surface area contributed by atoms with E-state index < -0.39 is 5.41 Å². The van der Waals surface area contributed by atoms with Gasteiger partial charge in [0.25, 0.3) is 0 Å². The highest BCUT2D eigenvalue weighted by Crippen LogP contribution is 2.31. The third kappa shape index (κ3) is 5.05. The summed E-state index contributed by atoms with van der Waals surface area (Å²) in [6, 6.07) is 23.9. The average Bonchev–Trinajstić information content (AvgIpc) is 3.29. The Balaban J connectivity index is 1.40. The van der Waals surface area contributed by atoms with Crippen LogP contribution in [0.2, 0.25) is 0 Å². The van der Waals surface area contributed by atoms with Crippen LogP contribution in [0.4, 0.5) is 0 Å². The highest BCUT2D eigenvalue weighted by Gasteiger charge is 2.21. The summed E-state index contributed by atoms with van der Waals surface area (Å²) < 4.78 is 3.33. The molecule has 2 aromatic carbocycles. The van der Waals surface area contributed by atoms with Crippen LogP contribution in [0.5, 0.6) is 0 Å². The number of nitriles is 1. The molecule has 0 spiro atoms. The van der Waals surface area contributed by atoms with Gasteiger partial charge in [-0.05, 0) is 73.5 Å². The number of fused-ring (bicyclic) bond motifs is 3. The van der Waals surface area contributed by atoms with Crippen molar-refractivity contribution in [2.75, 3.05) is 7.05 Å². The number of imidazole rings is 1. The molecular formula is C34H30N8O. The molecule has 9 nitrogen and oxygen atoms in total. The Labute approximate surface area is 248 Å².